The van der Waals surface area contributed by atoms with Crippen molar-refractivity contribution in [2.24, 2.45) is 4.99 Å². The Labute approximate surface area is 167 Å². The highest BCUT2D eigenvalue weighted by atomic mass is 32.1. The lowest BCUT2D eigenvalue weighted by atomic mass is 10.1. The van der Waals surface area contributed by atoms with E-state index in [2.05, 4.69) is 4.99 Å². The number of aromatic nitrogens is 1. The van der Waals surface area contributed by atoms with Gasteiger partial charge in [0.25, 0.3) is 0 Å². The summed E-state index contributed by atoms with van der Waals surface area (Å²) < 4.78 is 12.9. The van der Waals surface area contributed by atoms with Crippen LogP contribution in [0.3, 0.4) is 0 Å². The fourth-order valence-corrected chi connectivity index (χ4v) is 3.88. The Bertz CT molecular complexity index is 1040. The number of benzene rings is 2. The Balaban J connectivity index is 1.92. The first-order valence-electron chi connectivity index (χ1n) is 9.05. The highest BCUT2D eigenvalue weighted by Gasteiger charge is 2.12. The number of esters is 1. The van der Waals surface area contributed by atoms with Gasteiger partial charge in [0, 0.05) is 6.42 Å². The topological polar surface area (TPSA) is 69.9 Å². The van der Waals surface area contributed by atoms with Crippen molar-refractivity contribution < 1.29 is 19.1 Å². The highest BCUT2D eigenvalue weighted by molar-refractivity contribution is 7.16. The molecule has 0 bridgehead atoms. The largest absolute Gasteiger partial charge is 0.494 e. The normalized spacial score (nSPS) is 11.6. The maximum absolute atomic E-state index is 12.4. The average Bonchev–Trinajstić information content (AvgIpc) is 3.03. The molecule has 6 nitrogen and oxygen atoms in total. The van der Waals surface area contributed by atoms with Crippen LogP contribution in [0.25, 0.3) is 10.2 Å². The second-order valence-electron chi connectivity index (χ2n) is 6.10. The van der Waals surface area contributed by atoms with Crippen molar-refractivity contribution in [3.8, 4) is 5.75 Å². The van der Waals surface area contributed by atoms with E-state index in [1.807, 2.05) is 55.5 Å². The Kier molecular flexibility index (Phi) is 6.60. The molecule has 0 fully saturated rings. The fourth-order valence-electron chi connectivity index (χ4n) is 2.80. The van der Waals surface area contributed by atoms with Gasteiger partial charge in [-0.1, -0.05) is 41.7 Å². The summed E-state index contributed by atoms with van der Waals surface area (Å²) in [6.45, 7) is 2.48. The molecule has 0 aliphatic heterocycles. The number of aryl methyl sites for hydroxylation is 1. The van der Waals surface area contributed by atoms with Crippen molar-refractivity contribution in [2.45, 2.75) is 26.3 Å². The molecule has 0 aliphatic rings. The smallest absolute Gasteiger partial charge is 0.325 e. The molecule has 3 aromatic rings. The molecule has 0 spiro atoms. The van der Waals surface area contributed by atoms with E-state index >= 15 is 0 Å². The van der Waals surface area contributed by atoms with E-state index in [4.69, 9.17) is 9.47 Å². The van der Waals surface area contributed by atoms with Gasteiger partial charge in [0.1, 0.15) is 12.3 Å². The minimum atomic E-state index is -0.397. The van der Waals surface area contributed by atoms with Crippen LogP contribution in [0.15, 0.2) is 53.5 Å². The molecule has 3 rings (SSSR count). The van der Waals surface area contributed by atoms with Crippen LogP contribution in [0.5, 0.6) is 5.75 Å². The molecule has 146 valence electrons. The lowest BCUT2D eigenvalue weighted by molar-refractivity contribution is -0.141. The molecule has 7 heteroatoms. The summed E-state index contributed by atoms with van der Waals surface area (Å²) in [4.78, 5) is 29.0. The zero-order chi connectivity index (χ0) is 19.9. The molecule has 2 aromatic carbocycles. The van der Waals surface area contributed by atoms with Gasteiger partial charge < -0.3 is 14.0 Å². The molecule has 0 saturated carbocycles. The summed E-state index contributed by atoms with van der Waals surface area (Å²) in [6, 6.07) is 15.4. The SMILES string of the molecule is CCOc1ccc2c(c1)sc(=NC(=O)CCc1ccccc1)n2CC(=O)OC. The summed E-state index contributed by atoms with van der Waals surface area (Å²) >= 11 is 1.35. The lowest BCUT2D eigenvalue weighted by Crippen LogP contribution is -2.22. The number of hydrogen-bond donors (Lipinski definition) is 0. The van der Waals surface area contributed by atoms with Crippen molar-refractivity contribution in [1.82, 2.24) is 4.57 Å². The van der Waals surface area contributed by atoms with E-state index in [1.165, 1.54) is 18.4 Å². The molecule has 0 N–H and O–H groups in total. The van der Waals surface area contributed by atoms with Crippen LogP contribution < -0.4 is 9.54 Å². The lowest BCUT2D eigenvalue weighted by Gasteiger charge is -2.05. The molecule has 0 atom stereocenters. The molecule has 0 saturated heterocycles. The molecule has 0 unspecified atom stereocenters. The van der Waals surface area contributed by atoms with Crippen LogP contribution in [-0.4, -0.2) is 30.2 Å². The van der Waals surface area contributed by atoms with E-state index in [0.717, 1.165) is 21.5 Å². The summed E-state index contributed by atoms with van der Waals surface area (Å²) in [5, 5.41) is 0. The molecule has 1 aromatic heterocycles. The third kappa shape index (κ3) is 4.86. The summed E-state index contributed by atoms with van der Waals surface area (Å²) in [6.07, 6.45) is 0.931. The quantitative estimate of drug-likeness (QED) is 0.573. The van der Waals surface area contributed by atoms with Crippen LogP contribution >= 0.6 is 11.3 Å². The Morgan fingerprint density at radius 3 is 2.64 bits per heavy atom. The maximum Gasteiger partial charge on any atom is 0.325 e. The van der Waals surface area contributed by atoms with Crippen LogP contribution in [0.1, 0.15) is 18.9 Å². The number of fused-ring (bicyclic) bond motifs is 1. The Morgan fingerprint density at radius 1 is 1.14 bits per heavy atom. The van der Waals surface area contributed by atoms with Gasteiger partial charge in [0.05, 0.1) is 23.9 Å². The second kappa shape index (κ2) is 9.32. The van der Waals surface area contributed by atoms with Crippen LogP contribution in [0.4, 0.5) is 0 Å². The minimum absolute atomic E-state index is 0.00468. The summed E-state index contributed by atoms with van der Waals surface area (Å²) in [5.41, 5.74) is 1.90. The van der Waals surface area contributed by atoms with Gasteiger partial charge >= 0.3 is 5.97 Å². The molecule has 0 aliphatic carbocycles. The van der Waals surface area contributed by atoms with Gasteiger partial charge in [-0.2, -0.15) is 4.99 Å². The zero-order valence-electron chi connectivity index (χ0n) is 15.9. The fraction of sp³-hybridized carbons (Fsp3) is 0.286. The monoisotopic (exact) mass is 398 g/mol. The van der Waals surface area contributed by atoms with Crippen molar-refractivity contribution >= 4 is 33.4 Å². The Morgan fingerprint density at radius 2 is 1.93 bits per heavy atom. The highest BCUT2D eigenvalue weighted by Crippen LogP contribution is 2.23. The van der Waals surface area contributed by atoms with Gasteiger partial charge in [0.2, 0.25) is 5.91 Å². The maximum atomic E-state index is 12.4. The van der Waals surface area contributed by atoms with Crippen LogP contribution in [0.2, 0.25) is 0 Å². The van der Waals surface area contributed by atoms with Crippen molar-refractivity contribution in [3.05, 3.63) is 58.9 Å². The average molecular weight is 398 g/mol. The molecular formula is C21H22N2O4S. The number of methoxy groups -OCH3 is 1. The van der Waals surface area contributed by atoms with Gasteiger partial charge in [-0.3, -0.25) is 9.59 Å². The van der Waals surface area contributed by atoms with E-state index in [0.29, 0.717) is 24.2 Å². The summed E-state index contributed by atoms with van der Waals surface area (Å²) in [7, 11) is 1.34. The second-order valence-corrected chi connectivity index (χ2v) is 7.11. The Hall–Kier alpha value is -2.93. The third-order valence-electron chi connectivity index (χ3n) is 4.17. The first kappa shape index (κ1) is 19.8. The van der Waals surface area contributed by atoms with E-state index in [-0.39, 0.29) is 12.5 Å². The molecule has 1 amide bonds. The molecule has 0 radical (unpaired) electrons. The van der Waals surface area contributed by atoms with E-state index in [9.17, 15) is 9.59 Å². The molecular weight excluding hydrogens is 376 g/mol. The number of ether oxygens (including phenoxy) is 2. The van der Waals surface area contributed by atoms with Gasteiger partial charge in [-0.15, -0.1) is 0 Å². The number of rotatable bonds is 7. The standard InChI is InChI=1S/C21H22N2O4S/c1-3-27-16-10-11-17-18(13-16)28-21(23(17)14-20(25)26-2)22-19(24)12-9-15-7-5-4-6-8-15/h4-8,10-11,13H,3,9,12,14H2,1-2H3. The number of carbonyl (C=O) groups excluding carboxylic acids is 2. The van der Waals surface area contributed by atoms with Crippen LogP contribution in [0, 0.1) is 0 Å². The summed E-state index contributed by atoms with van der Waals surface area (Å²) in [5.74, 6) is 0.120. The van der Waals surface area contributed by atoms with Gasteiger partial charge in [0.15, 0.2) is 4.80 Å². The van der Waals surface area contributed by atoms with E-state index < -0.39 is 5.97 Å². The zero-order valence-corrected chi connectivity index (χ0v) is 16.7. The number of nitrogens with zero attached hydrogens (tertiary/aromatic N) is 2. The third-order valence-corrected chi connectivity index (χ3v) is 5.21. The predicted molar refractivity (Wildman–Crippen MR) is 108 cm³/mol. The van der Waals surface area contributed by atoms with Crippen molar-refractivity contribution in [3.63, 3.8) is 0 Å². The first-order chi connectivity index (χ1) is 13.6. The number of thiazole rings is 1. The number of hydrogen-bond acceptors (Lipinski definition) is 5. The number of carbonyl (C=O) groups is 2. The van der Waals surface area contributed by atoms with Gasteiger partial charge in [-0.25, -0.2) is 0 Å². The van der Waals surface area contributed by atoms with E-state index in [1.54, 1.807) is 4.57 Å². The van der Waals surface area contributed by atoms with Crippen molar-refractivity contribution in [1.29, 1.82) is 0 Å². The number of amides is 1. The van der Waals surface area contributed by atoms with Crippen molar-refractivity contribution in [2.75, 3.05) is 13.7 Å². The molecule has 1 heterocycles. The minimum Gasteiger partial charge on any atom is -0.494 e. The predicted octanol–water partition coefficient (Wildman–Crippen LogP) is 3.33. The van der Waals surface area contributed by atoms with Crippen LogP contribution in [-0.2, 0) is 27.3 Å². The first-order valence-corrected chi connectivity index (χ1v) is 9.87. The molecule has 28 heavy (non-hydrogen) atoms. The van der Waals surface area contributed by atoms with Gasteiger partial charge in [-0.05, 0) is 37.1 Å².